The number of nitrogens with zero attached hydrogens (tertiary/aromatic N) is 1. The molecule has 2 N–H and O–H groups in total. The lowest BCUT2D eigenvalue weighted by Gasteiger charge is -2.36. The minimum absolute atomic E-state index is 0.204. The third-order valence-corrected chi connectivity index (χ3v) is 3.49. The van der Waals surface area contributed by atoms with Gasteiger partial charge in [-0.2, -0.15) is 0 Å². The fourth-order valence-electron chi connectivity index (χ4n) is 1.66. The molecule has 1 saturated carbocycles. The van der Waals surface area contributed by atoms with Gasteiger partial charge < -0.3 is 15.3 Å². The molecule has 1 rings (SSSR count). The molecule has 0 aromatic heterocycles. The largest absolute Gasteiger partial charge is 0.480 e. The van der Waals surface area contributed by atoms with Crippen molar-refractivity contribution in [3.05, 3.63) is 0 Å². The lowest BCUT2D eigenvalue weighted by atomic mass is 9.68. The molecule has 16 heavy (non-hydrogen) atoms. The highest BCUT2D eigenvalue weighted by molar-refractivity contribution is 6.02. The minimum atomic E-state index is -1.15. The first kappa shape index (κ1) is 13.0. The van der Waals surface area contributed by atoms with Crippen molar-refractivity contribution in [2.75, 3.05) is 20.6 Å². The number of likely N-dealkylation sites (N-methyl/N-ethyl adjacent to an activating group) is 1. The van der Waals surface area contributed by atoms with Crippen molar-refractivity contribution in [1.82, 2.24) is 10.2 Å². The highest BCUT2D eigenvalue weighted by Gasteiger charge is 2.51. The zero-order valence-electron chi connectivity index (χ0n) is 10.1. The Hall–Kier alpha value is -1.10. The van der Waals surface area contributed by atoms with Gasteiger partial charge in [0.25, 0.3) is 0 Å². The van der Waals surface area contributed by atoms with Gasteiger partial charge in [0.1, 0.15) is 5.41 Å². The molecule has 1 fully saturated rings. The van der Waals surface area contributed by atoms with Gasteiger partial charge in [0.2, 0.25) is 5.91 Å². The van der Waals surface area contributed by atoms with Gasteiger partial charge in [0.05, 0.1) is 0 Å². The van der Waals surface area contributed by atoms with Crippen molar-refractivity contribution in [2.24, 2.45) is 5.41 Å². The van der Waals surface area contributed by atoms with E-state index in [2.05, 4.69) is 5.32 Å². The van der Waals surface area contributed by atoms with Crippen LogP contribution in [0.25, 0.3) is 0 Å². The molecule has 92 valence electrons. The maximum absolute atomic E-state index is 11.8. The van der Waals surface area contributed by atoms with Gasteiger partial charge in [0, 0.05) is 12.6 Å². The number of hydrogen-bond acceptors (Lipinski definition) is 3. The standard InChI is InChI=1S/C11H20N2O3/c1-8(13(2)3)7-12-9(14)11(10(15)16)5-4-6-11/h8H,4-7H2,1-3H3,(H,12,14)(H,15,16). The van der Waals surface area contributed by atoms with E-state index in [1.165, 1.54) is 0 Å². The topological polar surface area (TPSA) is 69.6 Å². The molecule has 1 atom stereocenters. The van der Waals surface area contributed by atoms with Crippen molar-refractivity contribution in [3.63, 3.8) is 0 Å². The van der Waals surface area contributed by atoms with Crippen LogP contribution in [0.2, 0.25) is 0 Å². The van der Waals surface area contributed by atoms with Gasteiger partial charge >= 0.3 is 5.97 Å². The summed E-state index contributed by atoms with van der Waals surface area (Å²) < 4.78 is 0. The van der Waals surface area contributed by atoms with Crippen molar-refractivity contribution in [3.8, 4) is 0 Å². The molecular weight excluding hydrogens is 208 g/mol. The van der Waals surface area contributed by atoms with Crippen molar-refractivity contribution >= 4 is 11.9 Å². The lowest BCUT2D eigenvalue weighted by molar-refractivity contribution is -0.162. The number of amides is 1. The highest BCUT2D eigenvalue weighted by Crippen LogP contribution is 2.41. The Kier molecular flexibility index (Phi) is 3.91. The van der Waals surface area contributed by atoms with Crippen LogP contribution >= 0.6 is 0 Å². The van der Waals surface area contributed by atoms with Gasteiger partial charge in [-0.15, -0.1) is 0 Å². The number of rotatable bonds is 5. The summed E-state index contributed by atoms with van der Waals surface area (Å²) in [4.78, 5) is 24.8. The monoisotopic (exact) mass is 228 g/mol. The summed E-state index contributed by atoms with van der Waals surface area (Å²) in [6.45, 7) is 2.47. The lowest BCUT2D eigenvalue weighted by Crippen LogP contribution is -2.53. The number of aliphatic carboxylic acids is 1. The van der Waals surface area contributed by atoms with Crippen LogP contribution < -0.4 is 5.32 Å². The fraction of sp³-hybridized carbons (Fsp3) is 0.818. The first-order chi connectivity index (χ1) is 7.40. The van der Waals surface area contributed by atoms with E-state index in [4.69, 9.17) is 5.11 Å². The third kappa shape index (κ3) is 2.35. The predicted molar refractivity (Wildman–Crippen MR) is 60.1 cm³/mol. The van der Waals surface area contributed by atoms with Crippen LogP contribution in [0.4, 0.5) is 0 Å². The first-order valence-corrected chi connectivity index (χ1v) is 5.58. The summed E-state index contributed by atoms with van der Waals surface area (Å²) in [5.41, 5.74) is -1.15. The summed E-state index contributed by atoms with van der Waals surface area (Å²) in [6, 6.07) is 0.204. The summed E-state index contributed by atoms with van der Waals surface area (Å²) in [7, 11) is 3.85. The van der Waals surface area contributed by atoms with Gasteiger partial charge in [-0.25, -0.2) is 0 Å². The van der Waals surface area contributed by atoms with E-state index in [1.54, 1.807) is 0 Å². The molecular formula is C11H20N2O3. The van der Waals surface area contributed by atoms with Crippen molar-refractivity contribution in [1.29, 1.82) is 0 Å². The van der Waals surface area contributed by atoms with Gasteiger partial charge in [-0.3, -0.25) is 9.59 Å². The molecule has 1 aliphatic rings. The number of hydrogen-bond donors (Lipinski definition) is 2. The van der Waals surface area contributed by atoms with E-state index in [1.807, 2.05) is 25.9 Å². The zero-order valence-corrected chi connectivity index (χ0v) is 10.1. The molecule has 5 nitrogen and oxygen atoms in total. The average molecular weight is 228 g/mol. The van der Waals surface area contributed by atoms with Gasteiger partial charge in [-0.05, 0) is 33.9 Å². The fourth-order valence-corrected chi connectivity index (χ4v) is 1.66. The Morgan fingerprint density at radius 3 is 2.31 bits per heavy atom. The molecule has 0 aromatic carbocycles. The smallest absolute Gasteiger partial charge is 0.319 e. The SMILES string of the molecule is CC(CNC(=O)C1(C(=O)O)CCC1)N(C)C. The molecule has 1 aliphatic carbocycles. The molecule has 1 amide bonds. The second-order valence-electron chi connectivity index (χ2n) is 4.76. The molecule has 0 spiro atoms. The van der Waals surface area contributed by atoms with E-state index >= 15 is 0 Å². The second kappa shape index (κ2) is 4.82. The summed E-state index contributed by atoms with van der Waals surface area (Å²) >= 11 is 0. The van der Waals surface area contributed by atoms with E-state index in [9.17, 15) is 9.59 Å². The number of carboxylic acid groups (broad SMARTS) is 1. The van der Waals surface area contributed by atoms with E-state index in [0.29, 0.717) is 19.4 Å². The van der Waals surface area contributed by atoms with Crippen LogP contribution in [-0.4, -0.2) is 48.6 Å². The molecule has 0 aromatic rings. The van der Waals surface area contributed by atoms with Crippen molar-refractivity contribution < 1.29 is 14.7 Å². The Morgan fingerprint density at radius 1 is 1.44 bits per heavy atom. The van der Waals surface area contributed by atoms with E-state index in [-0.39, 0.29) is 11.9 Å². The van der Waals surface area contributed by atoms with Crippen LogP contribution in [0.3, 0.4) is 0 Å². The second-order valence-corrected chi connectivity index (χ2v) is 4.76. The third-order valence-electron chi connectivity index (χ3n) is 3.49. The normalized spacial score (nSPS) is 20.0. The average Bonchev–Trinajstić information content (AvgIpc) is 2.11. The highest BCUT2D eigenvalue weighted by atomic mass is 16.4. The molecule has 0 aliphatic heterocycles. The quantitative estimate of drug-likeness (QED) is 0.664. The summed E-state index contributed by atoms with van der Waals surface area (Å²) in [6.07, 6.45) is 1.75. The van der Waals surface area contributed by atoms with Crippen molar-refractivity contribution in [2.45, 2.75) is 32.2 Å². The number of carbonyl (C=O) groups is 2. The Labute approximate surface area is 95.8 Å². The molecule has 5 heteroatoms. The van der Waals surface area contributed by atoms with Crippen LogP contribution in [0.1, 0.15) is 26.2 Å². The molecule has 1 unspecified atom stereocenters. The zero-order chi connectivity index (χ0) is 12.3. The van der Waals surface area contributed by atoms with E-state index < -0.39 is 11.4 Å². The van der Waals surface area contributed by atoms with Gasteiger partial charge in [0.15, 0.2) is 0 Å². The molecule has 0 radical (unpaired) electrons. The van der Waals surface area contributed by atoms with Crippen LogP contribution in [-0.2, 0) is 9.59 Å². The Bertz CT molecular complexity index is 285. The predicted octanol–water partition coefficient (Wildman–Crippen LogP) is 0.308. The minimum Gasteiger partial charge on any atom is -0.480 e. The number of carboxylic acids is 1. The molecule has 0 bridgehead atoms. The van der Waals surface area contributed by atoms with Gasteiger partial charge in [-0.1, -0.05) is 6.42 Å². The van der Waals surface area contributed by atoms with E-state index in [0.717, 1.165) is 6.42 Å². The number of nitrogens with one attached hydrogen (secondary N) is 1. The number of carbonyl (C=O) groups excluding carboxylic acids is 1. The van der Waals surface area contributed by atoms with Crippen LogP contribution in [0.5, 0.6) is 0 Å². The van der Waals surface area contributed by atoms with Crippen LogP contribution in [0.15, 0.2) is 0 Å². The summed E-state index contributed by atoms with van der Waals surface area (Å²) in [5.74, 6) is -1.33. The maximum atomic E-state index is 11.8. The Morgan fingerprint density at radius 2 is 2.00 bits per heavy atom. The molecule has 0 heterocycles. The first-order valence-electron chi connectivity index (χ1n) is 5.58. The van der Waals surface area contributed by atoms with Crippen LogP contribution in [0, 0.1) is 5.41 Å². The summed E-state index contributed by atoms with van der Waals surface area (Å²) in [5, 5.41) is 11.8. The Balaban J connectivity index is 2.49. The maximum Gasteiger partial charge on any atom is 0.319 e. The molecule has 0 saturated heterocycles.